The van der Waals surface area contributed by atoms with Crippen molar-refractivity contribution in [3.63, 3.8) is 0 Å². The first kappa shape index (κ1) is 19.7. The summed E-state index contributed by atoms with van der Waals surface area (Å²) in [5, 5.41) is 3.08. The summed E-state index contributed by atoms with van der Waals surface area (Å²) in [6.07, 6.45) is 1.90. The molecular formula is C21H24N2O2S2. The molecule has 0 aliphatic carbocycles. The Bertz CT molecular complexity index is 880. The number of aryl methyl sites for hydroxylation is 1. The lowest BCUT2D eigenvalue weighted by atomic mass is 10.1. The molecule has 4 nitrogen and oxygen atoms in total. The number of thioether (sulfide) groups is 1. The summed E-state index contributed by atoms with van der Waals surface area (Å²) in [7, 11) is 0. The Labute approximate surface area is 168 Å². The molecule has 3 aromatic rings. The molecule has 0 radical (unpaired) electrons. The predicted molar refractivity (Wildman–Crippen MR) is 114 cm³/mol. The van der Waals surface area contributed by atoms with Gasteiger partial charge in [-0.2, -0.15) is 0 Å². The molecule has 142 valence electrons. The van der Waals surface area contributed by atoms with Gasteiger partial charge in [0.05, 0.1) is 22.6 Å². The van der Waals surface area contributed by atoms with Gasteiger partial charge in [-0.25, -0.2) is 4.98 Å². The maximum Gasteiger partial charge on any atom is 0.230 e. The summed E-state index contributed by atoms with van der Waals surface area (Å²) in [6, 6.07) is 16.4. The largest absolute Gasteiger partial charge is 0.494 e. The second kappa shape index (κ2) is 9.76. The van der Waals surface area contributed by atoms with Crippen LogP contribution in [0.25, 0.3) is 10.2 Å². The van der Waals surface area contributed by atoms with Crippen LogP contribution in [-0.4, -0.2) is 29.3 Å². The molecule has 0 bridgehead atoms. The van der Waals surface area contributed by atoms with Crippen LogP contribution in [0.2, 0.25) is 0 Å². The lowest BCUT2D eigenvalue weighted by molar-refractivity contribution is -0.119. The van der Waals surface area contributed by atoms with E-state index < -0.39 is 0 Å². The first-order chi connectivity index (χ1) is 13.1. The number of fused-ring (bicyclic) bond motifs is 1. The summed E-state index contributed by atoms with van der Waals surface area (Å²) in [5.74, 6) is 1.29. The van der Waals surface area contributed by atoms with Gasteiger partial charge in [-0.15, -0.1) is 11.3 Å². The minimum Gasteiger partial charge on any atom is -0.494 e. The van der Waals surface area contributed by atoms with Gasteiger partial charge in [0.2, 0.25) is 5.91 Å². The van der Waals surface area contributed by atoms with Gasteiger partial charge < -0.3 is 10.1 Å². The number of carbonyl (C=O) groups is 1. The molecule has 0 saturated carbocycles. The maximum atomic E-state index is 12.2. The molecule has 1 N–H and O–H groups in total. The fourth-order valence-corrected chi connectivity index (χ4v) is 4.65. The number of hydrogen-bond donors (Lipinski definition) is 1. The highest BCUT2D eigenvalue weighted by Gasteiger charge is 2.11. The van der Waals surface area contributed by atoms with Crippen molar-refractivity contribution in [1.29, 1.82) is 0 Å². The number of rotatable bonds is 9. The van der Waals surface area contributed by atoms with Crippen molar-refractivity contribution in [2.24, 2.45) is 0 Å². The molecule has 0 aliphatic heterocycles. The molecule has 0 spiro atoms. The molecule has 27 heavy (non-hydrogen) atoms. The van der Waals surface area contributed by atoms with Crippen molar-refractivity contribution in [3.8, 4) is 5.75 Å². The van der Waals surface area contributed by atoms with Gasteiger partial charge >= 0.3 is 0 Å². The average molecular weight is 401 g/mol. The third-order valence-corrected chi connectivity index (χ3v) is 6.26. The summed E-state index contributed by atoms with van der Waals surface area (Å²) in [5.41, 5.74) is 2.25. The fraction of sp³-hybridized carbons (Fsp3) is 0.333. The molecule has 1 unspecified atom stereocenters. The maximum absolute atomic E-state index is 12.2. The van der Waals surface area contributed by atoms with E-state index in [1.165, 1.54) is 17.3 Å². The van der Waals surface area contributed by atoms with Gasteiger partial charge in [-0.05, 0) is 50.5 Å². The van der Waals surface area contributed by atoms with Crippen LogP contribution in [0.3, 0.4) is 0 Å². The average Bonchev–Trinajstić information content (AvgIpc) is 3.08. The topological polar surface area (TPSA) is 51.2 Å². The van der Waals surface area contributed by atoms with Gasteiger partial charge in [0.1, 0.15) is 5.75 Å². The minimum atomic E-state index is 0.0508. The van der Waals surface area contributed by atoms with Crippen molar-refractivity contribution >= 4 is 39.2 Å². The molecule has 6 heteroatoms. The lowest BCUT2D eigenvalue weighted by Gasteiger charge is -2.13. The van der Waals surface area contributed by atoms with E-state index in [2.05, 4.69) is 29.4 Å². The molecule has 0 aliphatic rings. The van der Waals surface area contributed by atoms with E-state index in [1.54, 1.807) is 11.3 Å². The van der Waals surface area contributed by atoms with Gasteiger partial charge in [0.25, 0.3) is 0 Å². The highest BCUT2D eigenvalue weighted by molar-refractivity contribution is 8.01. The number of aromatic nitrogens is 1. The van der Waals surface area contributed by atoms with Crippen LogP contribution in [-0.2, 0) is 11.2 Å². The van der Waals surface area contributed by atoms with Crippen LogP contribution in [0, 0.1) is 0 Å². The normalized spacial score (nSPS) is 12.1. The number of thiazole rings is 1. The predicted octanol–water partition coefficient (Wildman–Crippen LogP) is 4.92. The summed E-state index contributed by atoms with van der Waals surface area (Å²) >= 11 is 3.08. The minimum absolute atomic E-state index is 0.0508. The summed E-state index contributed by atoms with van der Waals surface area (Å²) in [6.45, 7) is 4.67. The molecule has 2 aromatic carbocycles. The standard InChI is InChI=1S/C21H24N2O2S2/c1-3-25-17-11-12-18-19(13-17)27-21(23-18)26-14-20(24)22-15(2)9-10-16-7-5-4-6-8-16/h4-8,11-13,15H,3,9-10,14H2,1-2H3,(H,22,24). The van der Waals surface area contributed by atoms with E-state index >= 15 is 0 Å². The Kier molecular flexibility index (Phi) is 7.12. The van der Waals surface area contributed by atoms with Crippen molar-refractivity contribution in [1.82, 2.24) is 10.3 Å². The Morgan fingerprint density at radius 2 is 2.07 bits per heavy atom. The van der Waals surface area contributed by atoms with Crippen LogP contribution >= 0.6 is 23.1 Å². The van der Waals surface area contributed by atoms with Gasteiger partial charge in [0, 0.05) is 6.04 Å². The number of amides is 1. The highest BCUT2D eigenvalue weighted by atomic mass is 32.2. The Morgan fingerprint density at radius 3 is 2.85 bits per heavy atom. The van der Waals surface area contributed by atoms with Crippen LogP contribution in [0.5, 0.6) is 5.75 Å². The van der Waals surface area contributed by atoms with Crippen molar-refractivity contribution < 1.29 is 9.53 Å². The van der Waals surface area contributed by atoms with E-state index in [0.717, 1.165) is 33.1 Å². The third kappa shape index (κ3) is 5.97. The molecular weight excluding hydrogens is 376 g/mol. The fourth-order valence-electron chi connectivity index (χ4n) is 2.75. The van der Waals surface area contributed by atoms with Crippen molar-refractivity contribution in [2.45, 2.75) is 37.1 Å². The smallest absolute Gasteiger partial charge is 0.230 e. The SMILES string of the molecule is CCOc1ccc2nc(SCC(=O)NC(C)CCc3ccccc3)sc2c1. The molecule has 1 atom stereocenters. The van der Waals surface area contributed by atoms with E-state index in [-0.39, 0.29) is 11.9 Å². The number of ether oxygens (including phenoxy) is 1. The van der Waals surface area contributed by atoms with E-state index in [1.807, 2.05) is 43.3 Å². The number of carbonyl (C=O) groups excluding carboxylic acids is 1. The Morgan fingerprint density at radius 1 is 1.26 bits per heavy atom. The molecule has 0 saturated heterocycles. The molecule has 1 aromatic heterocycles. The van der Waals surface area contributed by atoms with Gasteiger partial charge in [-0.3, -0.25) is 4.79 Å². The zero-order valence-corrected chi connectivity index (χ0v) is 17.2. The Balaban J connectivity index is 1.46. The quantitative estimate of drug-likeness (QED) is 0.518. The van der Waals surface area contributed by atoms with E-state index in [0.29, 0.717) is 12.4 Å². The zero-order chi connectivity index (χ0) is 19.1. The van der Waals surface area contributed by atoms with Gasteiger partial charge in [0.15, 0.2) is 4.34 Å². The number of benzene rings is 2. The Hall–Kier alpha value is -2.05. The van der Waals surface area contributed by atoms with Crippen molar-refractivity contribution in [2.75, 3.05) is 12.4 Å². The second-order valence-electron chi connectivity index (χ2n) is 6.32. The number of nitrogens with one attached hydrogen (secondary N) is 1. The van der Waals surface area contributed by atoms with E-state index in [9.17, 15) is 4.79 Å². The van der Waals surface area contributed by atoms with Crippen LogP contribution in [0.4, 0.5) is 0 Å². The van der Waals surface area contributed by atoms with Crippen molar-refractivity contribution in [3.05, 3.63) is 54.1 Å². The molecule has 0 fully saturated rings. The molecule has 1 heterocycles. The lowest BCUT2D eigenvalue weighted by Crippen LogP contribution is -2.34. The van der Waals surface area contributed by atoms with Crippen LogP contribution in [0.15, 0.2) is 52.9 Å². The molecule has 3 rings (SSSR count). The number of hydrogen-bond acceptors (Lipinski definition) is 5. The number of nitrogens with zero attached hydrogens (tertiary/aromatic N) is 1. The molecule has 1 amide bonds. The zero-order valence-electron chi connectivity index (χ0n) is 15.6. The third-order valence-electron chi connectivity index (χ3n) is 4.09. The first-order valence-electron chi connectivity index (χ1n) is 9.13. The second-order valence-corrected chi connectivity index (χ2v) is 8.58. The monoisotopic (exact) mass is 400 g/mol. The van der Waals surface area contributed by atoms with E-state index in [4.69, 9.17) is 4.74 Å². The first-order valence-corrected chi connectivity index (χ1v) is 10.9. The highest BCUT2D eigenvalue weighted by Crippen LogP contribution is 2.31. The van der Waals surface area contributed by atoms with Crippen LogP contribution < -0.4 is 10.1 Å². The van der Waals surface area contributed by atoms with Gasteiger partial charge in [-0.1, -0.05) is 42.1 Å². The van der Waals surface area contributed by atoms with Crippen LogP contribution in [0.1, 0.15) is 25.8 Å². The summed E-state index contributed by atoms with van der Waals surface area (Å²) < 4.78 is 7.52. The summed E-state index contributed by atoms with van der Waals surface area (Å²) in [4.78, 5) is 16.8.